The van der Waals surface area contributed by atoms with Crippen LogP contribution in [0.25, 0.3) is 0 Å². The lowest BCUT2D eigenvalue weighted by Gasteiger charge is -2.30. The van der Waals surface area contributed by atoms with Crippen molar-refractivity contribution in [3.05, 3.63) is 0 Å². The molecule has 3 unspecified atom stereocenters. The summed E-state index contributed by atoms with van der Waals surface area (Å²) >= 11 is 6.06. The van der Waals surface area contributed by atoms with Gasteiger partial charge in [0.1, 0.15) is 0 Å². The molecule has 0 amide bonds. The van der Waals surface area contributed by atoms with E-state index in [1.165, 1.54) is 12.8 Å². The molecule has 1 aliphatic carbocycles. The maximum absolute atomic E-state index is 6.06. The topological polar surface area (TPSA) is 9.23 Å². The van der Waals surface area contributed by atoms with Crippen LogP contribution in [-0.4, -0.2) is 19.1 Å². The molecule has 1 rings (SSSR count). The zero-order valence-corrected chi connectivity index (χ0v) is 8.10. The van der Waals surface area contributed by atoms with Crippen molar-refractivity contribution in [3.63, 3.8) is 0 Å². The van der Waals surface area contributed by atoms with Crippen LogP contribution in [-0.2, 0) is 4.74 Å². The number of rotatable bonds is 2. The van der Waals surface area contributed by atoms with Crippen molar-refractivity contribution < 1.29 is 4.74 Å². The molecule has 0 spiro atoms. The number of methoxy groups -OCH3 is 1. The van der Waals surface area contributed by atoms with E-state index in [1.807, 2.05) is 0 Å². The van der Waals surface area contributed by atoms with Crippen LogP contribution in [0.2, 0.25) is 0 Å². The van der Waals surface area contributed by atoms with Crippen molar-refractivity contribution >= 4 is 11.6 Å². The molecule has 0 aromatic heterocycles. The maximum atomic E-state index is 6.06. The van der Waals surface area contributed by atoms with E-state index in [2.05, 4.69) is 6.92 Å². The third-order valence-electron chi connectivity index (χ3n) is 2.68. The molecule has 1 nitrogen and oxygen atoms in total. The molecule has 0 aromatic carbocycles. The normalized spacial score (nSPS) is 39.0. The van der Waals surface area contributed by atoms with Gasteiger partial charge in [0.05, 0.1) is 0 Å². The predicted molar refractivity (Wildman–Crippen MR) is 48.0 cm³/mol. The van der Waals surface area contributed by atoms with Crippen LogP contribution in [0.3, 0.4) is 0 Å². The van der Waals surface area contributed by atoms with Crippen LogP contribution in [0.1, 0.15) is 26.2 Å². The number of halogens is 1. The second-order valence-corrected chi connectivity index (χ2v) is 4.22. The molecule has 0 aliphatic heterocycles. The van der Waals surface area contributed by atoms with Gasteiger partial charge < -0.3 is 4.74 Å². The van der Waals surface area contributed by atoms with Gasteiger partial charge in [0, 0.05) is 19.1 Å². The molecule has 0 heterocycles. The minimum atomic E-state index is 0.395. The molecule has 3 atom stereocenters. The van der Waals surface area contributed by atoms with Crippen molar-refractivity contribution in [1.82, 2.24) is 0 Å². The van der Waals surface area contributed by atoms with Crippen molar-refractivity contribution in [2.24, 2.45) is 11.8 Å². The van der Waals surface area contributed by atoms with E-state index >= 15 is 0 Å². The summed E-state index contributed by atoms with van der Waals surface area (Å²) in [5.41, 5.74) is 0. The number of hydrogen-bond acceptors (Lipinski definition) is 1. The van der Waals surface area contributed by atoms with Gasteiger partial charge in [-0.1, -0.05) is 6.92 Å². The summed E-state index contributed by atoms with van der Waals surface area (Å²) < 4.78 is 5.14. The quantitative estimate of drug-likeness (QED) is 0.588. The second kappa shape index (κ2) is 4.32. The summed E-state index contributed by atoms with van der Waals surface area (Å²) in [6.07, 6.45) is 3.59. The Morgan fingerprint density at radius 3 is 2.82 bits per heavy atom. The van der Waals surface area contributed by atoms with Gasteiger partial charge in [-0.05, 0) is 31.1 Å². The molecule has 1 fully saturated rings. The number of ether oxygens (including phenoxy) is 1. The maximum Gasteiger partial charge on any atom is 0.0493 e. The van der Waals surface area contributed by atoms with Crippen LogP contribution in [0.15, 0.2) is 0 Å². The Morgan fingerprint density at radius 1 is 1.45 bits per heavy atom. The minimum absolute atomic E-state index is 0.395. The van der Waals surface area contributed by atoms with Crippen LogP contribution in [0.5, 0.6) is 0 Å². The first-order chi connectivity index (χ1) is 5.24. The SMILES string of the molecule is COCC1CC(Cl)CCC1C. The van der Waals surface area contributed by atoms with Gasteiger partial charge in [0.25, 0.3) is 0 Å². The summed E-state index contributed by atoms with van der Waals surface area (Å²) in [5, 5.41) is 0.395. The molecule has 66 valence electrons. The Labute approximate surface area is 74.1 Å². The molecule has 1 saturated carbocycles. The van der Waals surface area contributed by atoms with E-state index in [0.717, 1.165) is 18.9 Å². The number of hydrogen-bond donors (Lipinski definition) is 0. The van der Waals surface area contributed by atoms with Crippen LogP contribution in [0.4, 0.5) is 0 Å². The van der Waals surface area contributed by atoms with Gasteiger partial charge in [-0.15, -0.1) is 11.6 Å². The van der Waals surface area contributed by atoms with E-state index in [1.54, 1.807) is 7.11 Å². The fourth-order valence-electron chi connectivity index (χ4n) is 1.80. The molecule has 0 aromatic rings. The highest BCUT2D eigenvalue weighted by Gasteiger charge is 2.26. The first kappa shape index (κ1) is 9.34. The molecule has 0 radical (unpaired) electrons. The summed E-state index contributed by atoms with van der Waals surface area (Å²) in [4.78, 5) is 0. The van der Waals surface area contributed by atoms with E-state index in [-0.39, 0.29) is 0 Å². The predicted octanol–water partition coefficient (Wildman–Crippen LogP) is 2.68. The highest BCUT2D eigenvalue weighted by atomic mass is 35.5. The standard InChI is InChI=1S/C9H17ClO/c1-7-3-4-9(10)5-8(7)6-11-2/h7-9H,3-6H2,1-2H3. The fraction of sp³-hybridized carbons (Fsp3) is 1.00. The van der Waals surface area contributed by atoms with E-state index in [4.69, 9.17) is 16.3 Å². The third kappa shape index (κ3) is 2.64. The molecule has 2 heteroatoms. The van der Waals surface area contributed by atoms with Gasteiger partial charge in [0.15, 0.2) is 0 Å². The molecule has 0 bridgehead atoms. The van der Waals surface area contributed by atoms with Crippen LogP contribution < -0.4 is 0 Å². The van der Waals surface area contributed by atoms with E-state index in [0.29, 0.717) is 11.3 Å². The van der Waals surface area contributed by atoms with Gasteiger partial charge >= 0.3 is 0 Å². The average molecular weight is 177 g/mol. The molecule has 0 saturated heterocycles. The molecular formula is C9H17ClO. The molecule has 1 aliphatic rings. The summed E-state index contributed by atoms with van der Waals surface area (Å²) in [7, 11) is 1.77. The summed E-state index contributed by atoms with van der Waals surface area (Å²) in [5.74, 6) is 1.49. The Kier molecular flexibility index (Phi) is 3.67. The molecule has 0 N–H and O–H groups in total. The molecule has 11 heavy (non-hydrogen) atoms. The fourth-order valence-corrected chi connectivity index (χ4v) is 2.16. The highest BCUT2D eigenvalue weighted by Crippen LogP contribution is 2.32. The van der Waals surface area contributed by atoms with E-state index in [9.17, 15) is 0 Å². The van der Waals surface area contributed by atoms with E-state index < -0.39 is 0 Å². The van der Waals surface area contributed by atoms with Gasteiger partial charge in [0.2, 0.25) is 0 Å². The van der Waals surface area contributed by atoms with Crippen molar-refractivity contribution in [1.29, 1.82) is 0 Å². The first-order valence-electron chi connectivity index (χ1n) is 4.37. The Bertz CT molecular complexity index is 116. The average Bonchev–Trinajstić information content (AvgIpc) is 1.98. The van der Waals surface area contributed by atoms with Crippen molar-refractivity contribution in [2.75, 3.05) is 13.7 Å². The zero-order chi connectivity index (χ0) is 8.27. The van der Waals surface area contributed by atoms with Gasteiger partial charge in [-0.2, -0.15) is 0 Å². The largest absolute Gasteiger partial charge is 0.384 e. The Hall–Kier alpha value is 0.250. The van der Waals surface area contributed by atoms with Gasteiger partial charge in [-0.3, -0.25) is 0 Å². The summed E-state index contributed by atoms with van der Waals surface area (Å²) in [6, 6.07) is 0. The molecular weight excluding hydrogens is 160 g/mol. The monoisotopic (exact) mass is 176 g/mol. The van der Waals surface area contributed by atoms with Crippen LogP contribution >= 0.6 is 11.6 Å². The Morgan fingerprint density at radius 2 is 2.18 bits per heavy atom. The smallest absolute Gasteiger partial charge is 0.0493 e. The lowest BCUT2D eigenvalue weighted by molar-refractivity contribution is 0.102. The van der Waals surface area contributed by atoms with Crippen molar-refractivity contribution in [3.8, 4) is 0 Å². The van der Waals surface area contributed by atoms with Gasteiger partial charge in [-0.25, -0.2) is 0 Å². The van der Waals surface area contributed by atoms with Crippen molar-refractivity contribution in [2.45, 2.75) is 31.6 Å². The van der Waals surface area contributed by atoms with Crippen LogP contribution in [0, 0.1) is 11.8 Å². The third-order valence-corrected chi connectivity index (χ3v) is 3.08. The highest BCUT2D eigenvalue weighted by molar-refractivity contribution is 6.20. The lowest BCUT2D eigenvalue weighted by Crippen LogP contribution is -2.26. The lowest BCUT2D eigenvalue weighted by atomic mass is 9.81. The summed E-state index contributed by atoms with van der Waals surface area (Å²) in [6.45, 7) is 3.18. The zero-order valence-electron chi connectivity index (χ0n) is 7.35. The Balaban J connectivity index is 2.34. The second-order valence-electron chi connectivity index (χ2n) is 3.60. The number of alkyl halides is 1. The first-order valence-corrected chi connectivity index (χ1v) is 4.80. The minimum Gasteiger partial charge on any atom is -0.384 e.